The molecule has 0 bridgehead atoms. The maximum absolute atomic E-state index is 10.4. The molecule has 0 fully saturated rings. The zero-order valence-corrected chi connectivity index (χ0v) is 10.9. The Balaban J connectivity index is 2.41. The normalized spacial score (nSPS) is 15.6. The maximum atomic E-state index is 10.4. The van der Waals surface area contributed by atoms with Crippen LogP contribution in [0.1, 0.15) is 25.5 Å². The topological polar surface area (TPSA) is 73.9 Å². The molecule has 1 aliphatic heterocycles. The Kier molecular flexibility index (Phi) is 3.36. The largest absolute Gasteiger partial charge is 0.493 e. The number of rotatable bonds is 4. The Morgan fingerprint density at radius 1 is 1.44 bits per heavy atom. The fourth-order valence-electron chi connectivity index (χ4n) is 1.87. The molecular weight excluding hydrogens is 234 g/mol. The zero-order valence-electron chi connectivity index (χ0n) is 10.9. The summed E-state index contributed by atoms with van der Waals surface area (Å²) in [5.41, 5.74) is 5.98. The minimum Gasteiger partial charge on any atom is -0.493 e. The van der Waals surface area contributed by atoms with Gasteiger partial charge in [-0.3, -0.25) is 0 Å². The molecule has 0 aromatic heterocycles. The summed E-state index contributed by atoms with van der Waals surface area (Å²) in [7, 11) is 1.56. The van der Waals surface area contributed by atoms with E-state index in [0.717, 1.165) is 0 Å². The number of aliphatic hydroxyl groups excluding tert-OH is 1. The van der Waals surface area contributed by atoms with E-state index in [1.54, 1.807) is 19.2 Å². The van der Waals surface area contributed by atoms with Crippen molar-refractivity contribution >= 4 is 0 Å². The first-order valence-electron chi connectivity index (χ1n) is 5.85. The highest BCUT2D eigenvalue weighted by Gasteiger charge is 2.30. The number of hydrogen-bond acceptors (Lipinski definition) is 5. The standard InChI is InChI=1S/C13H19NO4/c1-13(2,6-14)12(15)8-4-9(16-3)11-10(5-8)17-7-18-11/h4-5,12,15H,6-7,14H2,1-3H3. The van der Waals surface area contributed by atoms with Crippen LogP contribution < -0.4 is 19.9 Å². The lowest BCUT2D eigenvalue weighted by Gasteiger charge is -2.29. The molecule has 5 nitrogen and oxygen atoms in total. The molecule has 0 saturated carbocycles. The summed E-state index contributed by atoms with van der Waals surface area (Å²) in [6.45, 7) is 4.37. The van der Waals surface area contributed by atoms with Crippen LogP contribution >= 0.6 is 0 Å². The second-order valence-electron chi connectivity index (χ2n) is 5.05. The summed E-state index contributed by atoms with van der Waals surface area (Å²) in [4.78, 5) is 0. The molecule has 1 aliphatic rings. The van der Waals surface area contributed by atoms with E-state index in [-0.39, 0.29) is 6.79 Å². The van der Waals surface area contributed by atoms with Gasteiger partial charge in [-0.15, -0.1) is 0 Å². The first kappa shape index (κ1) is 13.0. The van der Waals surface area contributed by atoms with Crippen LogP contribution in [0.15, 0.2) is 12.1 Å². The number of benzene rings is 1. The average molecular weight is 253 g/mol. The second kappa shape index (κ2) is 4.66. The molecule has 5 heteroatoms. The highest BCUT2D eigenvalue weighted by Crippen LogP contribution is 2.45. The van der Waals surface area contributed by atoms with Gasteiger partial charge in [0.15, 0.2) is 11.5 Å². The number of methoxy groups -OCH3 is 1. The predicted molar refractivity (Wildman–Crippen MR) is 66.9 cm³/mol. The van der Waals surface area contributed by atoms with Crippen LogP contribution in [0.3, 0.4) is 0 Å². The minimum absolute atomic E-state index is 0.172. The Morgan fingerprint density at radius 2 is 2.17 bits per heavy atom. The fourth-order valence-corrected chi connectivity index (χ4v) is 1.87. The van der Waals surface area contributed by atoms with Crippen molar-refractivity contribution in [2.45, 2.75) is 20.0 Å². The molecule has 18 heavy (non-hydrogen) atoms. The summed E-state index contributed by atoms with van der Waals surface area (Å²) in [5.74, 6) is 1.74. The first-order valence-corrected chi connectivity index (χ1v) is 5.85. The second-order valence-corrected chi connectivity index (χ2v) is 5.05. The van der Waals surface area contributed by atoms with Crippen LogP contribution in [0.5, 0.6) is 17.2 Å². The third-order valence-corrected chi connectivity index (χ3v) is 3.26. The molecular formula is C13H19NO4. The molecule has 1 unspecified atom stereocenters. The average Bonchev–Trinajstić information content (AvgIpc) is 2.84. The monoisotopic (exact) mass is 253 g/mol. The van der Waals surface area contributed by atoms with Crippen LogP contribution in [-0.4, -0.2) is 25.6 Å². The number of aliphatic hydroxyl groups is 1. The first-order chi connectivity index (χ1) is 8.49. The third kappa shape index (κ3) is 2.11. The molecule has 2 rings (SSSR count). The van der Waals surface area contributed by atoms with Gasteiger partial charge < -0.3 is 25.1 Å². The molecule has 1 atom stereocenters. The Labute approximate surface area is 106 Å². The van der Waals surface area contributed by atoms with Gasteiger partial charge in [0.25, 0.3) is 0 Å². The van der Waals surface area contributed by atoms with Crippen molar-refractivity contribution in [1.29, 1.82) is 0 Å². The minimum atomic E-state index is -0.689. The van der Waals surface area contributed by atoms with Gasteiger partial charge in [0.1, 0.15) is 0 Å². The molecule has 1 heterocycles. The molecule has 1 aromatic carbocycles. The number of fused-ring (bicyclic) bond motifs is 1. The third-order valence-electron chi connectivity index (χ3n) is 3.26. The van der Waals surface area contributed by atoms with Crippen molar-refractivity contribution in [2.75, 3.05) is 20.4 Å². The van der Waals surface area contributed by atoms with E-state index in [4.69, 9.17) is 19.9 Å². The van der Waals surface area contributed by atoms with Gasteiger partial charge in [-0.05, 0) is 17.7 Å². The van der Waals surface area contributed by atoms with Gasteiger partial charge in [0, 0.05) is 12.0 Å². The number of ether oxygens (including phenoxy) is 3. The van der Waals surface area contributed by atoms with Crippen molar-refractivity contribution in [3.63, 3.8) is 0 Å². The Bertz CT molecular complexity index is 445. The quantitative estimate of drug-likeness (QED) is 0.849. The Hall–Kier alpha value is -1.46. The summed E-state index contributed by atoms with van der Waals surface area (Å²) in [6.07, 6.45) is -0.689. The summed E-state index contributed by atoms with van der Waals surface area (Å²) in [6, 6.07) is 3.53. The lowest BCUT2D eigenvalue weighted by Crippen LogP contribution is -2.30. The number of nitrogens with two attached hydrogens (primary N) is 1. The summed E-state index contributed by atoms with van der Waals surface area (Å²) in [5, 5.41) is 10.4. The number of hydrogen-bond donors (Lipinski definition) is 2. The van der Waals surface area contributed by atoms with Gasteiger partial charge in [-0.2, -0.15) is 0 Å². The molecule has 0 saturated heterocycles. The smallest absolute Gasteiger partial charge is 0.231 e. The van der Waals surface area contributed by atoms with Crippen LogP contribution in [0.25, 0.3) is 0 Å². The van der Waals surface area contributed by atoms with Crippen LogP contribution in [0, 0.1) is 5.41 Å². The van der Waals surface area contributed by atoms with Crippen LogP contribution in [0.4, 0.5) is 0 Å². The Morgan fingerprint density at radius 3 is 2.78 bits per heavy atom. The SMILES string of the molecule is COc1cc(C(O)C(C)(C)CN)cc2c1OCO2. The zero-order chi connectivity index (χ0) is 13.3. The molecule has 0 amide bonds. The highest BCUT2D eigenvalue weighted by atomic mass is 16.7. The van der Waals surface area contributed by atoms with Crippen LogP contribution in [-0.2, 0) is 0 Å². The van der Waals surface area contributed by atoms with Gasteiger partial charge >= 0.3 is 0 Å². The lowest BCUT2D eigenvalue weighted by atomic mass is 9.82. The van der Waals surface area contributed by atoms with Gasteiger partial charge in [-0.25, -0.2) is 0 Å². The molecule has 1 aromatic rings. The van der Waals surface area contributed by atoms with E-state index in [9.17, 15) is 5.11 Å². The van der Waals surface area contributed by atoms with E-state index in [0.29, 0.717) is 29.4 Å². The molecule has 0 spiro atoms. The van der Waals surface area contributed by atoms with Gasteiger partial charge in [-0.1, -0.05) is 13.8 Å². The molecule has 0 radical (unpaired) electrons. The summed E-state index contributed by atoms with van der Waals surface area (Å²) < 4.78 is 15.9. The van der Waals surface area contributed by atoms with E-state index >= 15 is 0 Å². The molecule has 3 N–H and O–H groups in total. The van der Waals surface area contributed by atoms with Crippen molar-refractivity contribution in [3.8, 4) is 17.2 Å². The van der Waals surface area contributed by atoms with E-state index in [1.807, 2.05) is 13.8 Å². The van der Waals surface area contributed by atoms with Gasteiger partial charge in [0.05, 0.1) is 13.2 Å². The van der Waals surface area contributed by atoms with E-state index < -0.39 is 11.5 Å². The lowest BCUT2D eigenvalue weighted by molar-refractivity contribution is 0.0552. The maximum Gasteiger partial charge on any atom is 0.231 e. The summed E-state index contributed by atoms with van der Waals surface area (Å²) >= 11 is 0. The van der Waals surface area contributed by atoms with E-state index in [1.165, 1.54) is 0 Å². The van der Waals surface area contributed by atoms with Crippen molar-refractivity contribution in [3.05, 3.63) is 17.7 Å². The van der Waals surface area contributed by atoms with Crippen LogP contribution in [0.2, 0.25) is 0 Å². The molecule has 100 valence electrons. The highest BCUT2D eigenvalue weighted by molar-refractivity contribution is 5.55. The van der Waals surface area contributed by atoms with Gasteiger partial charge in [0.2, 0.25) is 12.5 Å². The molecule has 0 aliphatic carbocycles. The van der Waals surface area contributed by atoms with E-state index in [2.05, 4.69) is 0 Å². The fraction of sp³-hybridized carbons (Fsp3) is 0.538. The van der Waals surface area contributed by atoms with Crippen molar-refractivity contribution in [1.82, 2.24) is 0 Å². The van der Waals surface area contributed by atoms with Crippen molar-refractivity contribution < 1.29 is 19.3 Å². The van der Waals surface area contributed by atoms with Crippen molar-refractivity contribution in [2.24, 2.45) is 11.1 Å². The predicted octanol–water partition coefficient (Wildman–Crippen LogP) is 1.44.